The first-order valence-electron chi connectivity index (χ1n) is 8.43. The van der Waals surface area contributed by atoms with Crippen LogP contribution < -0.4 is 5.56 Å². The van der Waals surface area contributed by atoms with Crippen molar-refractivity contribution in [3.05, 3.63) is 80.4 Å². The summed E-state index contributed by atoms with van der Waals surface area (Å²) in [4.78, 5) is 28.6. The molecule has 3 aromatic rings. The lowest BCUT2D eigenvalue weighted by Gasteiger charge is -2.29. The second kappa shape index (κ2) is 6.26. The summed E-state index contributed by atoms with van der Waals surface area (Å²) < 4.78 is 40.5. The molecule has 1 N–H and O–H groups in total. The van der Waals surface area contributed by atoms with Gasteiger partial charge in [0.15, 0.2) is 17.5 Å². The second-order valence-corrected chi connectivity index (χ2v) is 6.69. The third-order valence-corrected chi connectivity index (χ3v) is 4.92. The molecule has 0 aliphatic carbocycles. The van der Waals surface area contributed by atoms with E-state index in [-0.39, 0.29) is 12.1 Å². The zero-order chi connectivity index (χ0) is 19.3. The number of H-pyrrole nitrogens is 1. The number of nitrogens with zero attached hydrogens (tertiary/aromatic N) is 1. The van der Waals surface area contributed by atoms with Gasteiger partial charge in [-0.15, -0.1) is 0 Å². The first-order chi connectivity index (χ1) is 12.8. The maximum absolute atomic E-state index is 14.0. The van der Waals surface area contributed by atoms with E-state index in [0.29, 0.717) is 24.0 Å². The van der Waals surface area contributed by atoms with Crippen LogP contribution in [0.3, 0.4) is 0 Å². The van der Waals surface area contributed by atoms with Gasteiger partial charge in [0.1, 0.15) is 0 Å². The molecule has 7 heteroatoms. The number of nitrogens with one attached hydrogen (secondary N) is 1. The van der Waals surface area contributed by atoms with Gasteiger partial charge in [-0.1, -0.05) is 0 Å². The number of halogens is 3. The standard InChI is InChI=1S/C20H15F3N2O2/c1-10-6-12-7-11-4-5-25(9-13(11)8-16(12)24-19(10)26)20(27)14-2-3-15(21)18(23)17(14)22/h2-3,6-8H,4-5,9H2,1H3,(H,24,26). The molecular formula is C20H15F3N2O2. The van der Waals surface area contributed by atoms with Gasteiger partial charge in [0.25, 0.3) is 11.5 Å². The van der Waals surface area contributed by atoms with E-state index >= 15 is 0 Å². The molecule has 2 aromatic carbocycles. The van der Waals surface area contributed by atoms with E-state index in [1.54, 1.807) is 13.0 Å². The normalized spacial score (nSPS) is 13.7. The Morgan fingerprint density at radius 3 is 2.63 bits per heavy atom. The van der Waals surface area contributed by atoms with Gasteiger partial charge in [-0.25, -0.2) is 13.2 Å². The Morgan fingerprint density at radius 1 is 1.07 bits per heavy atom. The number of fused-ring (bicyclic) bond motifs is 2. The van der Waals surface area contributed by atoms with Crippen LogP contribution >= 0.6 is 0 Å². The Kier molecular flexibility index (Phi) is 4.02. The van der Waals surface area contributed by atoms with Crippen molar-refractivity contribution < 1.29 is 18.0 Å². The summed E-state index contributed by atoms with van der Waals surface area (Å²) in [6.07, 6.45) is 0.542. The zero-order valence-corrected chi connectivity index (χ0v) is 14.4. The molecule has 138 valence electrons. The van der Waals surface area contributed by atoms with Crippen LogP contribution in [0.1, 0.15) is 27.0 Å². The number of carbonyl (C=O) groups excluding carboxylic acids is 1. The van der Waals surface area contributed by atoms with E-state index in [4.69, 9.17) is 0 Å². The van der Waals surface area contributed by atoms with Crippen molar-refractivity contribution >= 4 is 16.8 Å². The minimum Gasteiger partial charge on any atom is -0.334 e. The Hall–Kier alpha value is -3.09. The summed E-state index contributed by atoms with van der Waals surface area (Å²) in [5.41, 5.74) is 2.44. The van der Waals surface area contributed by atoms with E-state index in [1.807, 2.05) is 12.1 Å². The predicted molar refractivity (Wildman–Crippen MR) is 94.1 cm³/mol. The van der Waals surface area contributed by atoms with Gasteiger partial charge in [0, 0.05) is 24.2 Å². The Morgan fingerprint density at radius 2 is 1.85 bits per heavy atom. The van der Waals surface area contributed by atoms with Gasteiger partial charge in [-0.3, -0.25) is 9.59 Å². The molecular weight excluding hydrogens is 357 g/mol. The molecule has 0 bridgehead atoms. The van der Waals surface area contributed by atoms with Gasteiger partial charge in [0.05, 0.1) is 5.56 Å². The van der Waals surface area contributed by atoms with Crippen molar-refractivity contribution in [3.63, 3.8) is 0 Å². The van der Waals surface area contributed by atoms with Crippen molar-refractivity contribution in [2.75, 3.05) is 6.54 Å². The third-order valence-electron chi connectivity index (χ3n) is 4.92. The average molecular weight is 372 g/mol. The molecule has 1 aromatic heterocycles. The van der Waals surface area contributed by atoms with Crippen LogP contribution in [0, 0.1) is 24.4 Å². The highest BCUT2D eigenvalue weighted by Crippen LogP contribution is 2.26. The van der Waals surface area contributed by atoms with Crippen LogP contribution in [0.15, 0.2) is 35.1 Å². The molecule has 4 nitrogen and oxygen atoms in total. The largest absolute Gasteiger partial charge is 0.334 e. The average Bonchev–Trinajstić information content (AvgIpc) is 2.65. The van der Waals surface area contributed by atoms with Crippen molar-refractivity contribution in [3.8, 4) is 0 Å². The van der Waals surface area contributed by atoms with Crippen molar-refractivity contribution in [1.82, 2.24) is 9.88 Å². The molecule has 4 rings (SSSR count). The Balaban J connectivity index is 1.69. The van der Waals surface area contributed by atoms with Crippen LogP contribution in [0.2, 0.25) is 0 Å². The summed E-state index contributed by atoms with van der Waals surface area (Å²) in [5, 5.41) is 0.900. The fourth-order valence-corrected chi connectivity index (χ4v) is 3.41. The molecule has 0 radical (unpaired) electrons. The number of pyridine rings is 1. The smallest absolute Gasteiger partial charge is 0.257 e. The lowest BCUT2D eigenvalue weighted by molar-refractivity contribution is 0.0728. The molecule has 1 amide bonds. The minimum atomic E-state index is -1.66. The Bertz CT molecular complexity index is 1150. The molecule has 0 unspecified atom stereocenters. The lowest BCUT2D eigenvalue weighted by atomic mass is 9.96. The molecule has 27 heavy (non-hydrogen) atoms. The summed E-state index contributed by atoms with van der Waals surface area (Å²) in [6, 6.07) is 7.26. The van der Waals surface area contributed by atoms with Gasteiger partial charge in [-0.2, -0.15) is 0 Å². The first kappa shape index (κ1) is 17.3. The fraction of sp³-hybridized carbons (Fsp3) is 0.200. The highest BCUT2D eigenvalue weighted by molar-refractivity contribution is 5.94. The van der Waals surface area contributed by atoms with Crippen molar-refractivity contribution in [1.29, 1.82) is 0 Å². The minimum absolute atomic E-state index is 0.185. The fourth-order valence-electron chi connectivity index (χ4n) is 3.41. The van der Waals surface area contributed by atoms with E-state index in [2.05, 4.69) is 4.98 Å². The van der Waals surface area contributed by atoms with Gasteiger partial charge in [0.2, 0.25) is 0 Å². The molecule has 2 heterocycles. The van der Waals surface area contributed by atoms with Crippen molar-refractivity contribution in [2.24, 2.45) is 0 Å². The van der Waals surface area contributed by atoms with E-state index in [0.717, 1.165) is 28.6 Å². The number of hydrogen-bond acceptors (Lipinski definition) is 2. The molecule has 0 saturated heterocycles. The summed E-state index contributed by atoms with van der Waals surface area (Å²) >= 11 is 0. The van der Waals surface area contributed by atoms with Gasteiger partial charge >= 0.3 is 0 Å². The number of aryl methyl sites for hydroxylation is 1. The monoisotopic (exact) mass is 372 g/mol. The molecule has 1 aliphatic rings. The Labute approximate surface area is 152 Å². The predicted octanol–water partition coefficient (Wildman–Crippen LogP) is 3.45. The van der Waals surface area contributed by atoms with Crippen molar-refractivity contribution in [2.45, 2.75) is 19.9 Å². The lowest BCUT2D eigenvalue weighted by Crippen LogP contribution is -2.36. The summed E-state index contributed by atoms with van der Waals surface area (Å²) in [5.74, 6) is -5.17. The number of benzene rings is 2. The van der Waals surface area contributed by atoms with E-state index in [1.165, 1.54) is 4.90 Å². The number of aromatic nitrogens is 1. The van der Waals surface area contributed by atoms with Crippen LogP contribution in [0.25, 0.3) is 10.9 Å². The second-order valence-electron chi connectivity index (χ2n) is 6.69. The number of aromatic amines is 1. The van der Waals surface area contributed by atoms with Crippen LogP contribution in [-0.2, 0) is 13.0 Å². The maximum Gasteiger partial charge on any atom is 0.257 e. The van der Waals surface area contributed by atoms with E-state index < -0.39 is 28.9 Å². The topological polar surface area (TPSA) is 53.2 Å². The zero-order valence-electron chi connectivity index (χ0n) is 14.4. The SMILES string of the molecule is Cc1cc2cc3c(cc2[nH]c1=O)CN(C(=O)c1ccc(F)c(F)c1F)CC3. The number of rotatable bonds is 1. The summed E-state index contributed by atoms with van der Waals surface area (Å²) in [7, 11) is 0. The quantitative estimate of drug-likeness (QED) is 0.665. The van der Waals surface area contributed by atoms with Gasteiger partial charge in [-0.05, 0) is 60.2 Å². The first-order valence-corrected chi connectivity index (χ1v) is 8.43. The molecule has 1 aliphatic heterocycles. The van der Waals surface area contributed by atoms with E-state index in [9.17, 15) is 22.8 Å². The molecule has 0 spiro atoms. The highest BCUT2D eigenvalue weighted by Gasteiger charge is 2.26. The number of amides is 1. The van der Waals surface area contributed by atoms with Crippen LogP contribution in [-0.4, -0.2) is 22.3 Å². The number of hydrogen-bond donors (Lipinski definition) is 1. The molecule has 0 saturated carbocycles. The third kappa shape index (κ3) is 2.89. The number of carbonyl (C=O) groups is 1. The van der Waals surface area contributed by atoms with Crippen LogP contribution in [0.4, 0.5) is 13.2 Å². The maximum atomic E-state index is 14.0. The highest BCUT2D eigenvalue weighted by atomic mass is 19.2. The summed E-state index contributed by atoms with van der Waals surface area (Å²) in [6.45, 7) is 2.26. The molecule has 0 atom stereocenters. The van der Waals surface area contributed by atoms with Crippen LogP contribution in [0.5, 0.6) is 0 Å². The van der Waals surface area contributed by atoms with Gasteiger partial charge < -0.3 is 9.88 Å². The molecule has 0 fully saturated rings.